The minimum absolute atomic E-state index is 0.317. The summed E-state index contributed by atoms with van der Waals surface area (Å²) in [5.41, 5.74) is 0. The highest BCUT2D eigenvalue weighted by Gasteiger charge is 2.24. The number of halogens is 1. The summed E-state index contributed by atoms with van der Waals surface area (Å²) >= 11 is 5.96. The molecule has 0 aliphatic heterocycles. The van der Waals surface area contributed by atoms with E-state index in [1.807, 2.05) is 6.08 Å². The highest BCUT2D eigenvalue weighted by atomic mass is 35.5. The first-order valence-corrected chi connectivity index (χ1v) is 9.41. The second-order valence-electron chi connectivity index (χ2n) is 6.59. The molecule has 1 rings (SSSR count). The van der Waals surface area contributed by atoms with Crippen molar-refractivity contribution in [3.8, 4) is 0 Å². The molecule has 23 heavy (non-hydrogen) atoms. The van der Waals surface area contributed by atoms with Gasteiger partial charge >= 0.3 is 5.97 Å². The normalized spacial score (nSPS) is 23.4. The lowest BCUT2D eigenvalue weighted by Crippen LogP contribution is -2.05. The van der Waals surface area contributed by atoms with Crippen LogP contribution in [0.1, 0.15) is 64.7 Å². The van der Waals surface area contributed by atoms with Crippen LogP contribution in [0.4, 0.5) is 0 Å². The topological polar surface area (TPSA) is 37.3 Å². The lowest BCUT2D eigenvalue weighted by atomic mass is 9.90. The van der Waals surface area contributed by atoms with Gasteiger partial charge < -0.3 is 5.11 Å². The molecule has 3 heteroatoms. The van der Waals surface area contributed by atoms with Crippen LogP contribution in [0.3, 0.4) is 0 Å². The van der Waals surface area contributed by atoms with Crippen molar-refractivity contribution in [3.63, 3.8) is 0 Å². The van der Waals surface area contributed by atoms with E-state index >= 15 is 0 Å². The van der Waals surface area contributed by atoms with E-state index in [0.717, 1.165) is 18.4 Å². The molecule has 0 spiro atoms. The van der Waals surface area contributed by atoms with Gasteiger partial charge in [0.2, 0.25) is 0 Å². The monoisotopic (exact) mass is 338 g/mol. The molecule has 0 aromatic heterocycles. The molecule has 1 aliphatic rings. The number of unbranched alkanes of at least 4 members (excludes halogenated alkanes) is 3. The van der Waals surface area contributed by atoms with E-state index in [4.69, 9.17) is 16.7 Å². The third-order valence-corrected chi connectivity index (χ3v) is 4.79. The van der Waals surface area contributed by atoms with Gasteiger partial charge in [0.25, 0.3) is 0 Å². The number of hydrogen-bond donors (Lipinski definition) is 1. The fourth-order valence-electron chi connectivity index (χ4n) is 3.34. The fraction of sp³-hybridized carbons (Fsp3) is 0.650. The van der Waals surface area contributed by atoms with Crippen LogP contribution >= 0.6 is 11.6 Å². The Bertz CT molecular complexity index is 410. The third kappa shape index (κ3) is 10.4. The Balaban J connectivity index is 2.19. The van der Waals surface area contributed by atoms with E-state index in [0.29, 0.717) is 11.3 Å². The van der Waals surface area contributed by atoms with Crippen molar-refractivity contribution in [2.75, 3.05) is 0 Å². The van der Waals surface area contributed by atoms with Crippen molar-refractivity contribution in [2.24, 2.45) is 11.8 Å². The van der Waals surface area contributed by atoms with Crippen molar-refractivity contribution < 1.29 is 9.90 Å². The van der Waals surface area contributed by atoms with Gasteiger partial charge in [0.15, 0.2) is 0 Å². The molecular formula is C20H31ClO2. The van der Waals surface area contributed by atoms with Crippen molar-refractivity contribution >= 4 is 17.6 Å². The smallest absolute Gasteiger partial charge is 0.328 e. The number of aliphatic carboxylic acids is 1. The average Bonchev–Trinajstić information content (AvgIpc) is 2.93. The van der Waals surface area contributed by atoms with Gasteiger partial charge in [-0.05, 0) is 44.4 Å². The quantitative estimate of drug-likeness (QED) is 0.213. The minimum Gasteiger partial charge on any atom is -0.478 e. The lowest BCUT2D eigenvalue weighted by molar-refractivity contribution is -0.131. The summed E-state index contributed by atoms with van der Waals surface area (Å²) < 4.78 is 0. The van der Waals surface area contributed by atoms with Gasteiger partial charge in [0, 0.05) is 11.5 Å². The Morgan fingerprint density at radius 2 is 1.87 bits per heavy atom. The van der Waals surface area contributed by atoms with Crippen LogP contribution in [0.25, 0.3) is 0 Å². The van der Waals surface area contributed by atoms with Crippen molar-refractivity contribution in [1.82, 2.24) is 0 Å². The number of alkyl halides is 1. The Hall–Kier alpha value is -1.02. The molecule has 1 aliphatic carbocycles. The zero-order valence-corrected chi connectivity index (χ0v) is 15.0. The van der Waals surface area contributed by atoms with E-state index in [1.54, 1.807) is 12.2 Å². The van der Waals surface area contributed by atoms with Gasteiger partial charge in [-0.15, -0.1) is 11.6 Å². The molecule has 0 amide bonds. The van der Waals surface area contributed by atoms with E-state index in [-0.39, 0.29) is 0 Å². The predicted octanol–water partition coefficient (Wildman–Crippen LogP) is 6.12. The summed E-state index contributed by atoms with van der Waals surface area (Å²) in [5.74, 6) is 0.627. The SMILES string of the molecule is CC(Cl)CCCCCC[C@H]1CCC[C@@H]1C=CC=CC=CC(=O)O. The van der Waals surface area contributed by atoms with Crippen molar-refractivity contribution in [2.45, 2.75) is 70.1 Å². The standard InChI is InChI=1S/C20H31ClO2/c1-17(21)11-6-2-3-7-12-18-14-10-15-19(18)13-8-4-5-9-16-20(22)23/h4-5,8-9,13,16-19H,2-3,6-7,10-12,14-15H2,1H3,(H,22,23)/t17?,18-,19-/m0/s1. The van der Waals surface area contributed by atoms with Crippen LogP contribution < -0.4 is 0 Å². The molecule has 0 bridgehead atoms. The Morgan fingerprint density at radius 3 is 2.61 bits per heavy atom. The van der Waals surface area contributed by atoms with E-state index < -0.39 is 5.97 Å². The number of carboxylic acids is 1. The van der Waals surface area contributed by atoms with Crippen LogP contribution in [-0.4, -0.2) is 16.5 Å². The number of hydrogen-bond acceptors (Lipinski definition) is 1. The average molecular weight is 339 g/mol. The summed E-state index contributed by atoms with van der Waals surface area (Å²) in [5, 5.41) is 8.81. The number of carboxylic acid groups (broad SMARTS) is 1. The molecule has 1 fully saturated rings. The van der Waals surface area contributed by atoms with Gasteiger partial charge in [-0.2, -0.15) is 0 Å². The zero-order chi connectivity index (χ0) is 16.9. The van der Waals surface area contributed by atoms with Gasteiger partial charge in [-0.3, -0.25) is 0 Å². The first-order chi connectivity index (χ1) is 11.1. The summed E-state index contributed by atoms with van der Waals surface area (Å²) in [6.45, 7) is 2.07. The first-order valence-electron chi connectivity index (χ1n) is 8.98. The van der Waals surface area contributed by atoms with Crippen LogP contribution in [0.15, 0.2) is 36.5 Å². The summed E-state index contributed by atoms with van der Waals surface area (Å²) in [6.07, 6.45) is 22.5. The molecule has 0 saturated heterocycles. The molecule has 0 radical (unpaired) electrons. The molecule has 1 saturated carbocycles. The number of allylic oxidation sites excluding steroid dienone is 5. The van der Waals surface area contributed by atoms with E-state index in [9.17, 15) is 4.79 Å². The van der Waals surface area contributed by atoms with Crippen LogP contribution in [-0.2, 0) is 4.79 Å². The van der Waals surface area contributed by atoms with Gasteiger partial charge in [0.1, 0.15) is 0 Å². The maximum absolute atomic E-state index is 10.3. The fourth-order valence-corrected chi connectivity index (χ4v) is 3.49. The van der Waals surface area contributed by atoms with E-state index in [1.165, 1.54) is 51.4 Å². The highest BCUT2D eigenvalue weighted by molar-refractivity contribution is 6.20. The van der Waals surface area contributed by atoms with Crippen molar-refractivity contribution in [1.29, 1.82) is 0 Å². The van der Waals surface area contributed by atoms with E-state index in [2.05, 4.69) is 19.1 Å². The Kier molecular flexibility index (Phi) is 10.8. The number of rotatable bonds is 11. The molecule has 0 aromatic carbocycles. The molecule has 2 nitrogen and oxygen atoms in total. The largest absolute Gasteiger partial charge is 0.478 e. The summed E-state index contributed by atoms with van der Waals surface area (Å²) in [6, 6.07) is 0. The second-order valence-corrected chi connectivity index (χ2v) is 7.34. The minimum atomic E-state index is -0.907. The summed E-state index contributed by atoms with van der Waals surface area (Å²) in [7, 11) is 0. The van der Waals surface area contributed by atoms with Gasteiger partial charge in [-0.1, -0.05) is 62.5 Å². The van der Waals surface area contributed by atoms with Gasteiger partial charge in [0.05, 0.1) is 0 Å². The lowest BCUT2D eigenvalue weighted by Gasteiger charge is -2.15. The summed E-state index contributed by atoms with van der Waals surface area (Å²) in [4.78, 5) is 10.3. The first kappa shape index (κ1) is 20.0. The molecule has 0 heterocycles. The molecular weight excluding hydrogens is 308 g/mol. The highest BCUT2D eigenvalue weighted by Crippen LogP contribution is 2.36. The Labute approximate surface area is 146 Å². The molecule has 1 unspecified atom stereocenters. The van der Waals surface area contributed by atoms with Crippen LogP contribution in [0, 0.1) is 11.8 Å². The van der Waals surface area contributed by atoms with Crippen LogP contribution in [0.5, 0.6) is 0 Å². The molecule has 0 aromatic rings. The number of carbonyl (C=O) groups is 1. The second kappa shape index (κ2) is 12.4. The zero-order valence-electron chi connectivity index (χ0n) is 14.3. The van der Waals surface area contributed by atoms with Crippen molar-refractivity contribution in [3.05, 3.63) is 36.5 Å². The molecule has 1 N–H and O–H groups in total. The van der Waals surface area contributed by atoms with Gasteiger partial charge in [-0.25, -0.2) is 4.79 Å². The third-order valence-electron chi connectivity index (χ3n) is 4.58. The molecule has 130 valence electrons. The maximum atomic E-state index is 10.3. The molecule has 3 atom stereocenters. The maximum Gasteiger partial charge on any atom is 0.328 e. The predicted molar refractivity (Wildman–Crippen MR) is 98.9 cm³/mol. The van der Waals surface area contributed by atoms with Crippen LogP contribution in [0.2, 0.25) is 0 Å². The Morgan fingerprint density at radius 1 is 1.13 bits per heavy atom.